The van der Waals surface area contributed by atoms with Gasteiger partial charge in [0.25, 0.3) is 0 Å². The van der Waals surface area contributed by atoms with Crippen LogP contribution in [0, 0.1) is 11.3 Å². The SMILES string of the molecule is NC(=O)C1CCCCC12CCNC2. The zero-order valence-corrected chi connectivity index (χ0v) is 8.01. The van der Waals surface area contributed by atoms with Crippen molar-refractivity contribution in [2.45, 2.75) is 32.1 Å². The maximum absolute atomic E-state index is 11.3. The molecule has 0 aromatic rings. The molecule has 0 aromatic heterocycles. The summed E-state index contributed by atoms with van der Waals surface area (Å²) in [5.74, 6) is 0.0552. The minimum Gasteiger partial charge on any atom is -0.369 e. The Kier molecular flexibility index (Phi) is 2.28. The van der Waals surface area contributed by atoms with Crippen molar-refractivity contribution in [1.82, 2.24) is 5.32 Å². The van der Waals surface area contributed by atoms with Crippen LogP contribution in [0.1, 0.15) is 32.1 Å². The normalized spacial score (nSPS) is 39.5. The predicted molar refractivity (Wildman–Crippen MR) is 51.1 cm³/mol. The van der Waals surface area contributed by atoms with Gasteiger partial charge in [0, 0.05) is 12.5 Å². The van der Waals surface area contributed by atoms with Crippen LogP contribution < -0.4 is 11.1 Å². The maximum atomic E-state index is 11.3. The van der Waals surface area contributed by atoms with E-state index in [-0.39, 0.29) is 17.2 Å². The zero-order valence-electron chi connectivity index (χ0n) is 8.01. The first-order valence-corrected chi connectivity index (χ1v) is 5.25. The summed E-state index contributed by atoms with van der Waals surface area (Å²) in [6, 6.07) is 0. The number of carbonyl (C=O) groups excluding carboxylic acids is 1. The Balaban J connectivity index is 2.16. The van der Waals surface area contributed by atoms with Gasteiger partial charge >= 0.3 is 0 Å². The monoisotopic (exact) mass is 182 g/mol. The second-order valence-electron chi connectivity index (χ2n) is 4.49. The molecular weight excluding hydrogens is 164 g/mol. The van der Waals surface area contributed by atoms with Gasteiger partial charge in [-0.2, -0.15) is 0 Å². The largest absolute Gasteiger partial charge is 0.369 e. The number of amides is 1. The molecule has 1 aliphatic carbocycles. The summed E-state index contributed by atoms with van der Waals surface area (Å²) < 4.78 is 0. The average Bonchev–Trinajstić information content (AvgIpc) is 2.54. The Bertz CT molecular complexity index is 209. The third-order valence-corrected chi connectivity index (χ3v) is 3.78. The Hall–Kier alpha value is -0.570. The number of carbonyl (C=O) groups is 1. The summed E-state index contributed by atoms with van der Waals surface area (Å²) in [5.41, 5.74) is 5.68. The van der Waals surface area contributed by atoms with Crippen molar-refractivity contribution in [3.8, 4) is 0 Å². The van der Waals surface area contributed by atoms with Crippen molar-refractivity contribution in [2.75, 3.05) is 13.1 Å². The topological polar surface area (TPSA) is 55.1 Å². The Morgan fingerprint density at radius 3 is 2.85 bits per heavy atom. The quantitative estimate of drug-likeness (QED) is 0.625. The molecule has 0 aromatic carbocycles. The lowest BCUT2D eigenvalue weighted by molar-refractivity contribution is -0.127. The second kappa shape index (κ2) is 3.29. The van der Waals surface area contributed by atoms with Crippen LogP contribution in [0.25, 0.3) is 0 Å². The van der Waals surface area contributed by atoms with Gasteiger partial charge in [-0.05, 0) is 31.2 Å². The number of hydrogen-bond acceptors (Lipinski definition) is 2. The molecule has 3 N–H and O–H groups in total. The molecule has 1 amide bonds. The molecule has 2 fully saturated rings. The van der Waals surface area contributed by atoms with E-state index >= 15 is 0 Å². The molecule has 0 radical (unpaired) electrons. The van der Waals surface area contributed by atoms with E-state index in [4.69, 9.17) is 5.73 Å². The fourth-order valence-electron chi connectivity index (χ4n) is 3.02. The van der Waals surface area contributed by atoms with Gasteiger partial charge < -0.3 is 11.1 Å². The molecule has 2 unspecified atom stereocenters. The Labute approximate surface area is 79.1 Å². The first kappa shape index (κ1) is 9.00. The van der Waals surface area contributed by atoms with Crippen molar-refractivity contribution < 1.29 is 4.79 Å². The van der Waals surface area contributed by atoms with Gasteiger partial charge in [-0.1, -0.05) is 12.8 Å². The van der Waals surface area contributed by atoms with Gasteiger partial charge in [0.2, 0.25) is 5.91 Å². The standard InChI is InChI=1S/C10H18N2O/c11-9(13)8-3-1-2-4-10(8)5-6-12-7-10/h8,12H,1-7H2,(H2,11,13). The second-order valence-corrected chi connectivity index (χ2v) is 4.49. The number of nitrogens with two attached hydrogens (primary N) is 1. The van der Waals surface area contributed by atoms with Crippen molar-refractivity contribution >= 4 is 5.91 Å². The van der Waals surface area contributed by atoms with E-state index in [0.29, 0.717) is 0 Å². The first-order valence-electron chi connectivity index (χ1n) is 5.25. The molecule has 1 saturated heterocycles. The Morgan fingerprint density at radius 2 is 2.23 bits per heavy atom. The molecule has 74 valence electrons. The number of primary amides is 1. The lowest BCUT2D eigenvalue weighted by Gasteiger charge is -2.39. The van der Waals surface area contributed by atoms with Gasteiger partial charge in [0.15, 0.2) is 0 Å². The zero-order chi connectivity index (χ0) is 9.31. The smallest absolute Gasteiger partial charge is 0.221 e. The molecule has 13 heavy (non-hydrogen) atoms. The van der Waals surface area contributed by atoms with Gasteiger partial charge in [-0.3, -0.25) is 4.79 Å². The van der Waals surface area contributed by atoms with Crippen molar-refractivity contribution in [1.29, 1.82) is 0 Å². The number of hydrogen-bond donors (Lipinski definition) is 2. The molecule has 3 nitrogen and oxygen atoms in total. The summed E-state index contributed by atoms with van der Waals surface area (Å²) in [4.78, 5) is 11.3. The van der Waals surface area contributed by atoms with Gasteiger partial charge in [-0.25, -0.2) is 0 Å². The molecule has 2 rings (SSSR count). The van der Waals surface area contributed by atoms with Crippen LogP contribution in [0.5, 0.6) is 0 Å². The van der Waals surface area contributed by atoms with Crippen molar-refractivity contribution in [3.63, 3.8) is 0 Å². The molecule has 0 bridgehead atoms. The van der Waals surface area contributed by atoms with E-state index in [9.17, 15) is 4.79 Å². The highest BCUT2D eigenvalue weighted by atomic mass is 16.1. The molecule has 1 spiro atoms. The van der Waals surface area contributed by atoms with Crippen molar-refractivity contribution in [3.05, 3.63) is 0 Å². The third-order valence-electron chi connectivity index (χ3n) is 3.78. The Morgan fingerprint density at radius 1 is 1.38 bits per heavy atom. The van der Waals surface area contributed by atoms with Gasteiger partial charge in [-0.15, -0.1) is 0 Å². The number of rotatable bonds is 1. The van der Waals surface area contributed by atoms with Crippen LogP contribution in [-0.2, 0) is 4.79 Å². The van der Waals surface area contributed by atoms with Crippen LogP contribution in [0.15, 0.2) is 0 Å². The highest BCUT2D eigenvalue weighted by molar-refractivity contribution is 5.77. The van der Waals surface area contributed by atoms with Crippen LogP contribution in [-0.4, -0.2) is 19.0 Å². The molecule has 3 heteroatoms. The minimum absolute atomic E-state index is 0.0802. The van der Waals surface area contributed by atoms with Crippen LogP contribution in [0.3, 0.4) is 0 Å². The molecule has 2 atom stereocenters. The van der Waals surface area contributed by atoms with E-state index in [1.807, 2.05) is 0 Å². The lowest BCUT2D eigenvalue weighted by Crippen LogP contribution is -2.43. The molecule has 1 heterocycles. The van der Waals surface area contributed by atoms with E-state index in [1.165, 1.54) is 19.3 Å². The summed E-state index contributed by atoms with van der Waals surface area (Å²) >= 11 is 0. The summed E-state index contributed by atoms with van der Waals surface area (Å²) in [5, 5.41) is 3.36. The summed E-state index contributed by atoms with van der Waals surface area (Å²) in [7, 11) is 0. The highest BCUT2D eigenvalue weighted by Crippen LogP contribution is 2.45. The van der Waals surface area contributed by atoms with Crippen LogP contribution in [0.4, 0.5) is 0 Å². The summed E-state index contributed by atoms with van der Waals surface area (Å²) in [6.45, 7) is 2.06. The van der Waals surface area contributed by atoms with Crippen molar-refractivity contribution in [2.24, 2.45) is 17.1 Å². The lowest BCUT2D eigenvalue weighted by atomic mass is 9.65. The molecule has 2 aliphatic rings. The molecule has 1 saturated carbocycles. The fourth-order valence-corrected chi connectivity index (χ4v) is 3.02. The summed E-state index contributed by atoms with van der Waals surface area (Å²) in [6.07, 6.45) is 5.78. The minimum atomic E-state index is -0.0802. The van der Waals surface area contributed by atoms with Gasteiger partial charge in [0.1, 0.15) is 0 Å². The molecular formula is C10H18N2O. The van der Waals surface area contributed by atoms with Crippen LogP contribution in [0.2, 0.25) is 0 Å². The van der Waals surface area contributed by atoms with E-state index in [2.05, 4.69) is 5.32 Å². The highest BCUT2D eigenvalue weighted by Gasteiger charge is 2.45. The first-order chi connectivity index (χ1) is 6.25. The third kappa shape index (κ3) is 1.46. The van der Waals surface area contributed by atoms with Crippen LogP contribution >= 0.6 is 0 Å². The predicted octanol–water partition coefficient (Wildman–Crippen LogP) is 0.642. The van der Waals surface area contributed by atoms with Gasteiger partial charge in [0.05, 0.1) is 0 Å². The average molecular weight is 182 g/mol. The number of nitrogens with one attached hydrogen (secondary N) is 1. The maximum Gasteiger partial charge on any atom is 0.221 e. The fraction of sp³-hybridized carbons (Fsp3) is 0.900. The van der Waals surface area contributed by atoms with E-state index in [0.717, 1.165) is 25.9 Å². The van der Waals surface area contributed by atoms with E-state index in [1.54, 1.807) is 0 Å². The van der Waals surface area contributed by atoms with E-state index < -0.39 is 0 Å². The molecule has 1 aliphatic heterocycles.